The minimum absolute atomic E-state index is 0.0271. The molecule has 5 nitrogen and oxygen atoms in total. The number of aliphatic carboxylic acids is 1. The first-order valence-corrected chi connectivity index (χ1v) is 5.78. The molecule has 5 heteroatoms. The summed E-state index contributed by atoms with van der Waals surface area (Å²) in [7, 11) is 1.56. The van der Waals surface area contributed by atoms with Crippen LogP contribution in [0.15, 0.2) is 24.3 Å². The molecule has 1 aromatic carbocycles. The molecule has 0 heterocycles. The van der Waals surface area contributed by atoms with Crippen LogP contribution in [-0.4, -0.2) is 30.1 Å². The predicted molar refractivity (Wildman–Crippen MR) is 64.6 cm³/mol. The Morgan fingerprint density at radius 2 is 1.89 bits per heavy atom. The Morgan fingerprint density at radius 1 is 1.28 bits per heavy atom. The molecule has 1 aromatic rings. The van der Waals surface area contributed by atoms with E-state index in [9.17, 15) is 9.59 Å². The number of carbonyl (C=O) groups is 2. The Bertz CT molecular complexity index is 449. The predicted octanol–water partition coefficient (Wildman–Crippen LogP) is 1.29. The van der Waals surface area contributed by atoms with Crippen molar-refractivity contribution in [2.75, 3.05) is 7.11 Å². The first-order chi connectivity index (χ1) is 8.60. The van der Waals surface area contributed by atoms with Crippen molar-refractivity contribution in [3.63, 3.8) is 0 Å². The maximum absolute atomic E-state index is 11.8. The van der Waals surface area contributed by atoms with Crippen molar-refractivity contribution in [1.29, 1.82) is 0 Å². The molecule has 0 bridgehead atoms. The molecule has 2 N–H and O–H groups in total. The van der Waals surface area contributed by atoms with Gasteiger partial charge >= 0.3 is 5.97 Å². The van der Waals surface area contributed by atoms with Crippen LogP contribution in [0.4, 0.5) is 0 Å². The summed E-state index contributed by atoms with van der Waals surface area (Å²) in [5.74, 6) is -0.580. The first kappa shape index (κ1) is 12.4. The van der Waals surface area contributed by atoms with Crippen molar-refractivity contribution >= 4 is 11.9 Å². The van der Waals surface area contributed by atoms with E-state index >= 15 is 0 Å². The number of rotatable bonds is 4. The summed E-state index contributed by atoms with van der Waals surface area (Å²) in [6, 6.07) is 6.77. The molecule has 1 fully saturated rings. The van der Waals surface area contributed by atoms with Crippen LogP contribution in [0.5, 0.6) is 5.75 Å². The summed E-state index contributed by atoms with van der Waals surface area (Å²) < 4.78 is 5.01. The van der Waals surface area contributed by atoms with Crippen LogP contribution in [0.2, 0.25) is 0 Å². The lowest BCUT2D eigenvalue weighted by Crippen LogP contribution is -2.46. The van der Waals surface area contributed by atoms with E-state index in [-0.39, 0.29) is 17.9 Å². The number of nitrogens with one attached hydrogen (secondary N) is 1. The lowest BCUT2D eigenvalue weighted by molar-refractivity contribution is -0.145. The monoisotopic (exact) mass is 249 g/mol. The quantitative estimate of drug-likeness (QED) is 0.843. The SMILES string of the molecule is COc1ccc(C(=O)NC2CC(C(=O)O)C2)cc1. The highest BCUT2D eigenvalue weighted by Crippen LogP contribution is 2.27. The zero-order chi connectivity index (χ0) is 13.1. The molecule has 0 radical (unpaired) electrons. The maximum Gasteiger partial charge on any atom is 0.306 e. The zero-order valence-corrected chi connectivity index (χ0v) is 10.1. The zero-order valence-electron chi connectivity index (χ0n) is 10.1. The molecule has 18 heavy (non-hydrogen) atoms. The summed E-state index contributed by atoms with van der Waals surface area (Å²) in [5, 5.41) is 11.5. The van der Waals surface area contributed by atoms with Crippen molar-refractivity contribution in [3.8, 4) is 5.75 Å². The van der Waals surface area contributed by atoms with Crippen LogP contribution in [0.1, 0.15) is 23.2 Å². The van der Waals surface area contributed by atoms with Crippen LogP contribution in [0.25, 0.3) is 0 Å². The Balaban J connectivity index is 1.87. The standard InChI is InChI=1S/C13H15NO4/c1-18-11-4-2-8(3-5-11)12(15)14-10-6-9(7-10)13(16)17/h2-5,9-10H,6-7H2,1H3,(H,14,15)(H,16,17). The molecular formula is C13H15NO4. The molecule has 0 spiro atoms. The third kappa shape index (κ3) is 2.61. The number of methoxy groups -OCH3 is 1. The number of amides is 1. The minimum atomic E-state index is -0.787. The van der Waals surface area contributed by atoms with Gasteiger partial charge in [0, 0.05) is 11.6 Å². The van der Waals surface area contributed by atoms with E-state index in [0.717, 1.165) is 0 Å². The molecule has 0 aliphatic heterocycles. The Labute approximate surface area is 105 Å². The van der Waals surface area contributed by atoms with E-state index in [0.29, 0.717) is 24.2 Å². The van der Waals surface area contributed by atoms with Gasteiger partial charge in [0.05, 0.1) is 13.0 Å². The lowest BCUT2D eigenvalue weighted by Gasteiger charge is -2.32. The van der Waals surface area contributed by atoms with Crippen LogP contribution in [0, 0.1) is 5.92 Å². The van der Waals surface area contributed by atoms with Crippen LogP contribution in [-0.2, 0) is 4.79 Å². The number of carbonyl (C=O) groups excluding carboxylic acids is 1. The average Bonchev–Trinajstić information content (AvgIpc) is 2.32. The maximum atomic E-state index is 11.8. The first-order valence-electron chi connectivity index (χ1n) is 5.78. The third-order valence-corrected chi connectivity index (χ3v) is 3.17. The van der Waals surface area contributed by atoms with E-state index in [2.05, 4.69) is 5.32 Å². The van der Waals surface area contributed by atoms with Crippen molar-refractivity contribution in [3.05, 3.63) is 29.8 Å². The molecule has 0 saturated heterocycles. The second-order valence-electron chi connectivity index (χ2n) is 4.41. The Morgan fingerprint density at radius 3 is 2.39 bits per heavy atom. The molecule has 0 aromatic heterocycles. The highest BCUT2D eigenvalue weighted by atomic mass is 16.5. The number of hydrogen-bond donors (Lipinski definition) is 2. The highest BCUT2D eigenvalue weighted by molar-refractivity contribution is 5.94. The van der Waals surface area contributed by atoms with Gasteiger partial charge in [-0.05, 0) is 37.1 Å². The molecule has 2 rings (SSSR count). The Hall–Kier alpha value is -2.04. The number of hydrogen-bond acceptors (Lipinski definition) is 3. The normalized spacial score (nSPS) is 21.8. The summed E-state index contributed by atoms with van der Waals surface area (Å²) in [6.07, 6.45) is 1.02. The molecule has 96 valence electrons. The molecule has 1 amide bonds. The van der Waals surface area contributed by atoms with E-state index in [1.807, 2.05) is 0 Å². The van der Waals surface area contributed by atoms with Crippen LogP contribution < -0.4 is 10.1 Å². The molecule has 1 aliphatic carbocycles. The van der Waals surface area contributed by atoms with Gasteiger partial charge in [-0.25, -0.2) is 0 Å². The van der Waals surface area contributed by atoms with Crippen molar-refractivity contribution < 1.29 is 19.4 Å². The summed E-state index contributed by atoms with van der Waals surface area (Å²) >= 11 is 0. The second kappa shape index (κ2) is 5.08. The van der Waals surface area contributed by atoms with Gasteiger partial charge in [-0.2, -0.15) is 0 Å². The van der Waals surface area contributed by atoms with E-state index in [1.165, 1.54) is 0 Å². The van der Waals surface area contributed by atoms with Crippen LogP contribution in [0.3, 0.4) is 0 Å². The van der Waals surface area contributed by atoms with Crippen molar-refractivity contribution in [2.24, 2.45) is 5.92 Å². The average molecular weight is 249 g/mol. The number of carboxylic acid groups (broad SMARTS) is 1. The molecular weight excluding hydrogens is 234 g/mol. The number of carboxylic acids is 1. The van der Waals surface area contributed by atoms with Crippen molar-refractivity contribution in [2.45, 2.75) is 18.9 Å². The summed E-state index contributed by atoms with van der Waals surface area (Å²) in [5.41, 5.74) is 0.551. The van der Waals surface area contributed by atoms with Crippen molar-refractivity contribution in [1.82, 2.24) is 5.32 Å². The van der Waals surface area contributed by atoms with Gasteiger partial charge in [0.25, 0.3) is 5.91 Å². The van der Waals surface area contributed by atoms with Gasteiger partial charge < -0.3 is 15.2 Å². The smallest absolute Gasteiger partial charge is 0.306 e. The number of benzene rings is 1. The topological polar surface area (TPSA) is 75.6 Å². The molecule has 0 atom stereocenters. The van der Waals surface area contributed by atoms with E-state index in [4.69, 9.17) is 9.84 Å². The van der Waals surface area contributed by atoms with Gasteiger partial charge in [0.15, 0.2) is 0 Å². The second-order valence-corrected chi connectivity index (χ2v) is 4.41. The minimum Gasteiger partial charge on any atom is -0.497 e. The highest BCUT2D eigenvalue weighted by Gasteiger charge is 2.35. The summed E-state index contributed by atoms with van der Waals surface area (Å²) in [6.45, 7) is 0. The lowest BCUT2D eigenvalue weighted by atomic mass is 9.80. The Kier molecular flexibility index (Phi) is 3.50. The van der Waals surface area contributed by atoms with Gasteiger partial charge in [-0.1, -0.05) is 0 Å². The fourth-order valence-corrected chi connectivity index (χ4v) is 1.95. The number of ether oxygens (including phenoxy) is 1. The van der Waals surface area contributed by atoms with Gasteiger partial charge in [-0.15, -0.1) is 0 Å². The van der Waals surface area contributed by atoms with Crippen LogP contribution >= 0.6 is 0 Å². The summed E-state index contributed by atoms with van der Waals surface area (Å²) in [4.78, 5) is 22.5. The largest absolute Gasteiger partial charge is 0.497 e. The van der Waals surface area contributed by atoms with Gasteiger partial charge in [0.2, 0.25) is 0 Å². The van der Waals surface area contributed by atoms with Gasteiger partial charge in [0.1, 0.15) is 5.75 Å². The molecule has 1 saturated carbocycles. The van der Waals surface area contributed by atoms with E-state index < -0.39 is 5.97 Å². The van der Waals surface area contributed by atoms with E-state index in [1.54, 1.807) is 31.4 Å². The molecule has 1 aliphatic rings. The van der Waals surface area contributed by atoms with Gasteiger partial charge in [-0.3, -0.25) is 9.59 Å². The molecule has 0 unspecified atom stereocenters. The fourth-order valence-electron chi connectivity index (χ4n) is 1.95. The third-order valence-electron chi connectivity index (χ3n) is 3.17. The fraction of sp³-hybridized carbons (Fsp3) is 0.385.